The molecule has 6 heteroatoms. The number of hydrogen-bond donors (Lipinski definition) is 2. The third-order valence-corrected chi connectivity index (χ3v) is 2.79. The van der Waals surface area contributed by atoms with Crippen molar-refractivity contribution in [3.63, 3.8) is 0 Å². The largest absolute Gasteiger partial charge is 0.397 e. The number of hydrogen-bond acceptors (Lipinski definition) is 3. The molecule has 3 N–H and O–H groups in total. The van der Waals surface area contributed by atoms with E-state index in [0.717, 1.165) is 11.6 Å². The lowest BCUT2D eigenvalue weighted by Crippen LogP contribution is -2.14. The van der Waals surface area contributed by atoms with Crippen LogP contribution in [0.2, 0.25) is 5.15 Å². The number of halogens is 2. The Morgan fingerprint density at radius 2 is 2.16 bits per heavy atom. The quantitative estimate of drug-likeness (QED) is 0.656. The maximum Gasteiger partial charge on any atom is 0.258 e. The Labute approximate surface area is 114 Å². The molecule has 0 aliphatic heterocycles. The summed E-state index contributed by atoms with van der Waals surface area (Å²) in [6.07, 6.45) is 1.55. The van der Waals surface area contributed by atoms with Gasteiger partial charge in [0.2, 0.25) is 0 Å². The molecule has 1 amide bonds. The van der Waals surface area contributed by atoms with E-state index in [0.29, 0.717) is 0 Å². The van der Waals surface area contributed by atoms with Crippen LogP contribution in [0.4, 0.5) is 15.8 Å². The van der Waals surface area contributed by atoms with E-state index in [-0.39, 0.29) is 22.1 Å². The fourth-order valence-electron chi connectivity index (χ4n) is 1.54. The molecule has 1 aromatic heterocycles. The van der Waals surface area contributed by atoms with Crippen molar-refractivity contribution in [3.05, 3.63) is 52.6 Å². The summed E-state index contributed by atoms with van der Waals surface area (Å²) < 4.78 is 13.1. The van der Waals surface area contributed by atoms with Crippen LogP contribution in [0.15, 0.2) is 30.5 Å². The lowest BCUT2D eigenvalue weighted by Gasteiger charge is -2.09. The van der Waals surface area contributed by atoms with Crippen LogP contribution >= 0.6 is 11.6 Å². The fraction of sp³-hybridized carbons (Fsp3) is 0.0769. The molecular weight excluding hydrogens is 269 g/mol. The number of rotatable bonds is 2. The van der Waals surface area contributed by atoms with Crippen molar-refractivity contribution >= 4 is 28.9 Å². The number of carbonyl (C=O) groups is 1. The maximum absolute atomic E-state index is 13.1. The summed E-state index contributed by atoms with van der Waals surface area (Å²) >= 11 is 5.85. The van der Waals surface area contributed by atoms with Crippen molar-refractivity contribution < 1.29 is 9.18 Å². The van der Waals surface area contributed by atoms with Gasteiger partial charge in [-0.05, 0) is 36.8 Å². The topological polar surface area (TPSA) is 68.0 Å². The minimum absolute atomic E-state index is 0.0816. The van der Waals surface area contributed by atoms with Gasteiger partial charge in [-0.2, -0.15) is 0 Å². The second kappa shape index (κ2) is 5.24. The predicted octanol–water partition coefficient (Wildman–Crippen LogP) is 3.02. The molecule has 1 aromatic carbocycles. The second-order valence-electron chi connectivity index (χ2n) is 4.04. The van der Waals surface area contributed by atoms with Gasteiger partial charge in [0.25, 0.3) is 5.91 Å². The Bertz CT molecular complexity index is 646. The Hall–Kier alpha value is -2.14. The number of aromatic nitrogens is 1. The van der Waals surface area contributed by atoms with Crippen LogP contribution in [-0.2, 0) is 0 Å². The number of nitrogens with two attached hydrogens (primary N) is 1. The van der Waals surface area contributed by atoms with E-state index < -0.39 is 11.7 Å². The molecule has 0 atom stereocenters. The molecule has 1 heterocycles. The fourth-order valence-corrected chi connectivity index (χ4v) is 1.73. The van der Waals surface area contributed by atoms with Gasteiger partial charge in [-0.15, -0.1) is 0 Å². The summed E-state index contributed by atoms with van der Waals surface area (Å²) in [6.45, 7) is 1.79. The number of nitrogens with zero attached hydrogens (tertiary/aromatic N) is 1. The molecule has 0 aliphatic carbocycles. The summed E-state index contributed by atoms with van der Waals surface area (Å²) in [7, 11) is 0. The van der Waals surface area contributed by atoms with E-state index in [1.807, 2.05) is 0 Å². The van der Waals surface area contributed by atoms with Crippen molar-refractivity contribution in [1.82, 2.24) is 4.98 Å². The molecule has 0 radical (unpaired) electrons. The molecule has 19 heavy (non-hydrogen) atoms. The van der Waals surface area contributed by atoms with E-state index in [9.17, 15) is 9.18 Å². The molecular formula is C13H11ClFN3O. The van der Waals surface area contributed by atoms with E-state index in [1.165, 1.54) is 12.1 Å². The highest BCUT2D eigenvalue weighted by Gasteiger charge is 2.13. The molecule has 0 fully saturated rings. The summed E-state index contributed by atoms with van der Waals surface area (Å²) in [5, 5.41) is 2.59. The van der Waals surface area contributed by atoms with Crippen molar-refractivity contribution in [2.45, 2.75) is 6.92 Å². The van der Waals surface area contributed by atoms with Gasteiger partial charge in [0.1, 0.15) is 11.0 Å². The van der Waals surface area contributed by atoms with Crippen LogP contribution in [0.25, 0.3) is 0 Å². The smallest absolute Gasteiger partial charge is 0.258 e. The average Bonchev–Trinajstić information content (AvgIpc) is 2.36. The molecule has 0 bridgehead atoms. The molecule has 4 nitrogen and oxygen atoms in total. The third kappa shape index (κ3) is 3.00. The van der Waals surface area contributed by atoms with E-state index in [1.54, 1.807) is 19.2 Å². The number of nitrogen functional groups attached to an aromatic ring is 1. The van der Waals surface area contributed by atoms with Gasteiger partial charge in [-0.1, -0.05) is 11.6 Å². The first-order valence-electron chi connectivity index (χ1n) is 5.46. The van der Waals surface area contributed by atoms with Crippen LogP contribution in [0.5, 0.6) is 0 Å². The minimum Gasteiger partial charge on any atom is -0.397 e. The summed E-state index contributed by atoms with van der Waals surface area (Å²) in [5.74, 6) is -0.975. The van der Waals surface area contributed by atoms with E-state index in [2.05, 4.69) is 10.3 Å². The van der Waals surface area contributed by atoms with Crippen molar-refractivity contribution in [3.8, 4) is 0 Å². The lowest BCUT2D eigenvalue weighted by molar-refractivity contribution is 0.102. The minimum atomic E-state index is -0.488. The summed E-state index contributed by atoms with van der Waals surface area (Å²) in [5.41, 5.74) is 7.13. The highest BCUT2D eigenvalue weighted by molar-refractivity contribution is 6.33. The SMILES string of the molecule is Cc1cnc(Cl)c(C(=O)Nc2cc(F)ccc2N)c1. The standard InChI is InChI=1S/C13H11ClFN3O/c1-7-4-9(12(14)17-6-7)13(19)18-11-5-8(15)2-3-10(11)16/h2-6H,16H2,1H3,(H,18,19). The van der Waals surface area contributed by atoms with Gasteiger partial charge < -0.3 is 11.1 Å². The number of nitrogens with one attached hydrogen (secondary N) is 1. The number of carbonyl (C=O) groups excluding carboxylic acids is 1. The Morgan fingerprint density at radius 1 is 1.42 bits per heavy atom. The van der Waals surface area contributed by atoms with Gasteiger partial charge in [-0.25, -0.2) is 9.37 Å². The first kappa shape index (κ1) is 13.3. The zero-order valence-corrected chi connectivity index (χ0v) is 10.8. The highest BCUT2D eigenvalue weighted by atomic mass is 35.5. The summed E-state index contributed by atoms with van der Waals surface area (Å²) in [4.78, 5) is 15.9. The third-order valence-electron chi connectivity index (χ3n) is 2.48. The second-order valence-corrected chi connectivity index (χ2v) is 4.39. The molecule has 0 spiro atoms. The highest BCUT2D eigenvalue weighted by Crippen LogP contribution is 2.21. The van der Waals surface area contributed by atoms with Crippen LogP contribution in [-0.4, -0.2) is 10.9 Å². The predicted molar refractivity (Wildman–Crippen MR) is 72.7 cm³/mol. The average molecular weight is 280 g/mol. The molecule has 2 rings (SSSR count). The van der Waals surface area contributed by atoms with Crippen LogP contribution in [0.3, 0.4) is 0 Å². The Balaban J connectivity index is 2.30. The molecule has 0 unspecified atom stereocenters. The normalized spacial score (nSPS) is 10.3. The van der Waals surface area contributed by atoms with Crippen molar-refractivity contribution in [2.75, 3.05) is 11.1 Å². The van der Waals surface area contributed by atoms with Gasteiger partial charge >= 0.3 is 0 Å². The molecule has 0 saturated heterocycles. The van der Waals surface area contributed by atoms with Crippen LogP contribution in [0.1, 0.15) is 15.9 Å². The van der Waals surface area contributed by atoms with E-state index in [4.69, 9.17) is 17.3 Å². The number of benzene rings is 1. The molecule has 2 aromatic rings. The molecule has 98 valence electrons. The summed E-state index contributed by atoms with van der Waals surface area (Å²) in [6, 6.07) is 5.33. The van der Waals surface area contributed by atoms with Crippen molar-refractivity contribution in [2.24, 2.45) is 0 Å². The number of pyridine rings is 1. The van der Waals surface area contributed by atoms with Crippen LogP contribution in [0, 0.1) is 12.7 Å². The zero-order chi connectivity index (χ0) is 14.0. The van der Waals surface area contributed by atoms with Crippen molar-refractivity contribution in [1.29, 1.82) is 0 Å². The van der Waals surface area contributed by atoms with Gasteiger partial charge in [0.15, 0.2) is 0 Å². The molecule has 0 saturated carbocycles. The first-order chi connectivity index (χ1) is 8.97. The Kier molecular flexibility index (Phi) is 3.66. The van der Waals surface area contributed by atoms with Gasteiger partial charge in [0, 0.05) is 6.20 Å². The Morgan fingerprint density at radius 3 is 2.89 bits per heavy atom. The number of aryl methyl sites for hydroxylation is 1. The van der Waals surface area contributed by atoms with E-state index >= 15 is 0 Å². The number of anilines is 2. The van der Waals surface area contributed by atoms with Gasteiger partial charge in [-0.3, -0.25) is 4.79 Å². The maximum atomic E-state index is 13.1. The zero-order valence-electron chi connectivity index (χ0n) is 10.1. The monoisotopic (exact) mass is 279 g/mol. The van der Waals surface area contributed by atoms with Crippen LogP contribution < -0.4 is 11.1 Å². The first-order valence-corrected chi connectivity index (χ1v) is 5.83. The number of amides is 1. The lowest BCUT2D eigenvalue weighted by atomic mass is 10.2. The molecule has 0 aliphatic rings. The van der Waals surface area contributed by atoms with Gasteiger partial charge in [0.05, 0.1) is 16.9 Å².